The van der Waals surface area contributed by atoms with E-state index in [1.54, 1.807) is 30.2 Å². The molecule has 0 bridgehead atoms. The van der Waals surface area contributed by atoms with Gasteiger partial charge in [-0.3, -0.25) is 4.79 Å². The quantitative estimate of drug-likeness (QED) is 0.854. The van der Waals surface area contributed by atoms with Crippen LogP contribution in [0.25, 0.3) is 0 Å². The minimum atomic E-state index is -0.173. The average Bonchev–Trinajstić information content (AvgIpc) is 2.95. The molecule has 0 radical (unpaired) electrons. The largest absolute Gasteiger partial charge is 0.497 e. The molecular formula is C14H18N2O3S. The maximum Gasteiger partial charge on any atom is 0.258 e. The standard InChI is InChI=1S/C14H18N2O3S/c1-18-9-5-6-12(19-2)10(8-9)14(17)16-7-3-4-11(16)13(15)20/h5-6,8,11H,3-4,7H2,1-2H3,(H2,15,20). The number of rotatable bonds is 4. The molecule has 0 aromatic heterocycles. The van der Waals surface area contributed by atoms with E-state index in [0.717, 1.165) is 12.8 Å². The maximum atomic E-state index is 12.7. The third kappa shape index (κ3) is 2.70. The number of hydrogen-bond donors (Lipinski definition) is 1. The molecule has 0 aliphatic carbocycles. The van der Waals surface area contributed by atoms with Crippen molar-refractivity contribution in [2.75, 3.05) is 20.8 Å². The fourth-order valence-electron chi connectivity index (χ4n) is 2.44. The first-order chi connectivity index (χ1) is 9.58. The van der Waals surface area contributed by atoms with Gasteiger partial charge in [0.05, 0.1) is 30.8 Å². The summed E-state index contributed by atoms with van der Waals surface area (Å²) in [5.41, 5.74) is 6.18. The van der Waals surface area contributed by atoms with Gasteiger partial charge in [0, 0.05) is 6.54 Å². The van der Waals surface area contributed by atoms with E-state index in [1.807, 2.05) is 0 Å². The molecule has 1 heterocycles. The molecule has 2 rings (SSSR count). The van der Waals surface area contributed by atoms with Crippen LogP contribution < -0.4 is 15.2 Å². The summed E-state index contributed by atoms with van der Waals surface area (Å²) in [7, 11) is 3.09. The molecule has 6 heteroatoms. The zero-order valence-corrected chi connectivity index (χ0v) is 12.4. The van der Waals surface area contributed by atoms with Gasteiger partial charge < -0.3 is 20.1 Å². The fraction of sp³-hybridized carbons (Fsp3) is 0.429. The predicted molar refractivity (Wildman–Crippen MR) is 80.4 cm³/mol. The second-order valence-corrected chi connectivity index (χ2v) is 5.10. The molecule has 1 saturated heterocycles. The maximum absolute atomic E-state index is 12.7. The van der Waals surface area contributed by atoms with E-state index >= 15 is 0 Å². The number of ether oxygens (including phenoxy) is 2. The van der Waals surface area contributed by atoms with Crippen LogP contribution in [0, 0.1) is 0 Å². The molecule has 2 N–H and O–H groups in total. The molecule has 1 aliphatic heterocycles. The summed E-state index contributed by atoms with van der Waals surface area (Å²) in [5, 5.41) is 0. The summed E-state index contributed by atoms with van der Waals surface area (Å²) >= 11 is 5.04. The third-order valence-corrected chi connectivity index (χ3v) is 3.75. The highest BCUT2D eigenvalue weighted by Gasteiger charge is 2.32. The molecule has 1 aromatic rings. The Morgan fingerprint density at radius 2 is 2.15 bits per heavy atom. The number of thiocarbonyl (C=S) groups is 1. The van der Waals surface area contributed by atoms with Crippen molar-refractivity contribution in [3.63, 3.8) is 0 Å². The molecule has 0 spiro atoms. The van der Waals surface area contributed by atoms with Crippen molar-refractivity contribution in [2.24, 2.45) is 5.73 Å². The lowest BCUT2D eigenvalue weighted by Gasteiger charge is -2.24. The van der Waals surface area contributed by atoms with Gasteiger partial charge in [0.2, 0.25) is 0 Å². The Hall–Kier alpha value is -1.82. The minimum absolute atomic E-state index is 0.129. The summed E-state index contributed by atoms with van der Waals surface area (Å²) in [4.78, 5) is 14.8. The molecular weight excluding hydrogens is 276 g/mol. The van der Waals surface area contributed by atoms with E-state index in [0.29, 0.717) is 28.6 Å². The molecule has 5 nitrogen and oxygen atoms in total. The Morgan fingerprint density at radius 3 is 2.75 bits per heavy atom. The first-order valence-corrected chi connectivity index (χ1v) is 6.81. The first-order valence-electron chi connectivity index (χ1n) is 6.40. The Bertz CT molecular complexity index is 533. The molecule has 0 saturated carbocycles. The van der Waals surface area contributed by atoms with Gasteiger partial charge in [-0.15, -0.1) is 0 Å². The van der Waals surface area contributed by atoms with Gasteiger partial charge in [0.15, 0.2) is 0 Å². The van der Waals surface area contributed by atoms with Crippen molar-refractivity contribution >= 4 is 23.1 Å². The molecule has 1 fully saturated rings. The van der Waals surface area contributed by atoms with Crippen molar-refractivity contribution in [2.45, 2.75) is 18.9 Å². The van der Waals surface area contributed by atoms with Gasteiger partial charge in [0.25, 0.3) is 5.91 Å². The lowest BCUT2D eigenvalue weighted by atomic mass is 10.1. The summed E-state index contributed by atoms with van der Waals surface area (Å²) in [5.74, 6) is 1.00. The van der Waals surface area contributed by atoms with Crippen LogP contribution in [0.5, 0.6) is 11.5 Å². The number of hydrogen-bond acceptors (Lipinski definition) is 4. The molecule has 20 heavy (non-hydrogen) atoms. The van der Waals surface area contributed by atoms with Crippen LogP contribution in [0.2, 0.25) is 0 Å². The lowest BCUT2D eigenvalue weighted by Crippen LogP contribution is -2.42. The summed E-state index contributed by atoms with van der Waals surface area (Å²) in [6.45, 7) is 0.654. The van der Waals surface area contributed by atoms with Crippen LogP contribution in [0.15, 0.2) is 18.2 Å². The van der Waals surface area contributed by atoms with E-state index in [9.17, 15) is 4.79 Å². The highest BCUT2D eigenvalue weighted by Crippen LogP contribution is 2.28. The van der Waals surface area contributed by atoms with Crippen LogP contribution in [0.1, 0.15) is 23.2 Å². The van der Waals surface area contributed by atoms with E-state index in [-0.39, 0.29) is 11.9 Å². The Balaban J connectivity index is 2.34. The zero-order chi connectivity index (χ0) is 14.7. The summed E-state index contributed by atoms with van der Waals surface area (Å²) in [6.07, 6.45) is 1.72. The number of amides is 1. The number of nitrogens with zero attached hydrogens (tertiary/aromatic N) is 1. The van der Waals surface area contributed by atoms with Crippen molar-refractivity contribution < 1.29 is 14.3 Å². The number of carbonyl (C=O) groups is 1. The van der Waals surface area contributed by atoms with Gasteiger partial charge in [-0.25, -0.2) is 0 Å². The molecule has 1 aliphatic rings. The van der Waals surface area contributed by atoms with Gasteiger partial charge in [0.1, 0.15) is 11.5 Å². The fourth-order valence-corrected chi connectivity index (χ4v) is 2.69. The Kier molecular flexibility index (Phi) is 4.44. The molecule has 108 valence electrons. The van der Waals surface area contributed by atoms with E-state index in [1.165, 1.54) is 7.11 Å². The lowest BCUT2D eigenvalue weighted by molar-refractivity contribution is 0.0766. The first kappa shape index (κ1) is 14.6. The summed E-state index contributed by atoms with van der Waals surface area (Å²) in [6, 6.07) is 4.98. The van der Waals surface area contributed by atoms with Crippen molar-refractivity contribution in [1.29, 1.82) is 0 Å². The number of carbonyl (C=O) groups excluding carboxylic acids is 1. The van der Waals surface area contributed by atoms with Crippen molar-refractivity contribution in [3.05, 3.63) is 23.8 Å². The number of benzene rings is 1. The van der Waals surface area contributed by atoms with Crippen LogP contribution in [-0.4, -0.2) is 42.6 Å². The van der Waals surface area contributed by atoms with E-state index in [4.69, 9.17) is 27.4 Å². The number of nitrogens with two attached hydrogens (primary N) is 1. The highest BCUT2D eigenvalue weighted by atomic mass is 32.1. The predicted octanol–water partition coefficient (Wildman–Crippen LogP) is 1.59. The van der Waals surface area contributed by atoms with Gasteiger partial charge in [-0.2, -0.15) is 0 Å². The van der Waals surface area contributed by atoms with Crippen LogP contribution in [0.3, 0.4) is 0 Å². The Morgan fingerprint density at radius 1 is 1.40 bits per heavy atom. The zero-order valence-electron chi connectivity index (χ0n) is 11.6. The van der Waals surface area contributed by atoms with E-state index in [2.05, 4.69) is 0 Å². The van der Waals surface area contributed by atoms with Crippen LogP contribution in [0.4, 0.5) is 0 Å². The smallest absolute Gasteiger partial charge is 0.258 e. The van der Waals surface area contributed by atoms with Gasteiger partial charge in [-0.05, 0) is 31.0 Å². The van der Waals surface area contributed by atoms with Gasteiger partial charge in [-0.1, -0.05) is 12.2 Å². The van der Waals surface area contributed by atoms with Crippen molar-refractivity contribution in [3.8, 4) is 11.5 Å². The Labute approximate surface area is 123 Å². The molecule has 1 amide bonds. The van der Waals surface area contributed by atoms with E-state index < -0.39 is 0 Å². The second-order valence-electron chi connectivity index (χ2n) is 4.63. The van der Waals surface area contributed by atoms with Crippen LogP contribution >= 0.6 is 12.2 Å². The SMILES string of the molecule is COc1ccc(OC)c(C(=O)N2CCCC2C(N)=S)c1. The molecule has 1 unspecified atom stereocenters. The third-order valence-electron chi connectivity index (χ3n) is 3.48. The topological polar surface area (TPSA) is 64.8 Å². The van der Waals surface area contributed by atoms with Crippen LogP contribution in [-0.2, 0) is 0 Å². The second kappa shape index (κ2) is 6.09. The molecule has 1 atom stereocenters. The normalized spacial score (nSPS) is 17.9. The minimum Gasteiger partial charge on any atom is -0.497 e. The number of methoxy groups -OCH3 is 2. The summed E-state index contributed by atoms with van der Waals surface area (Å²) < 4.78 is 10.4. The number of likely N-dealkylation sites (tertiary alicyclic amines) is 1. The van der Waals surface area contributed by atoms with Gasteiger partial charge >= 0.3 is 0 Å². The van der Waals surface area contributed by atoms with Crippen molar-refractivity contribution in [1.82, 2.24) is 4.90 Å². The highest BCUT2D eigenvalue weighted by molar-refractivity contribution is 7.80. The monoisotopic (exact) mass is 294 g/mol. The molecule has 1 aromatic carbocycles. The average molecular weight is 294 g/mol.